The fraction of sp³-hybridized carbons (Fsp3) is 0.152. The number of benzene rings is 4. The maximum absolute atomic E-state index is 13.5. The highest BCUT2D eigenvalue weighted by atomic mass is 35.5. The number of esters is 1. The van der Waals surface area contributed by atoms with Crippen molar-refractivity contribution < 1.29 is 9.53 Å². The normalized spacial score (nSPS) is 11.5. The van der Waals surface area contributed by atoms with Gasteiger partial charge in [-0.2, -0.15) is 0 Å². The Morgan fingerprint density at radius 3 is 2.14 bits per heavy atom. The lowest BCUT2D eigenvalue weighted by Crippen LogP contribution is -2.18. The first kappa shape index (κ1) is 24.7. The van der Waals surface area contributed by atoms with Crippen LogP contribution in [-0.2, 0) is 5.41 Å². The molecular formula is C33H28ClNO2. The van der Waals surface area contributed by atoms with Crippen LogP contribution in [0.4, 0.5) is 0 Å². The number of aromatic nitrogens is 1. The van der Waals surface area contributed by atoms with Crippen LogP contribution in [0.1, 0.15) is 46.5 Å². The van der Waals surface area contributed by atoms with Crippen LogP contribution in [0.15, 0.2) is 97.1 Å². The number of nitrogens with zero attached hydrogens (tertiary/aromatic N) is 1. The Kier molecular flexibility index (Phi) is 6.57. The van der Waals surface area contributed by atoms with Gasteiger partial charge in [0.05, 0.1) is 16.8 Å². The number of ether oxygens (including phenoxy) is 1. The highest BCUT2D eigenvalue weighted by Gasteiger charge is 2.23. The van der Waals surface area contributed by atoms with Crippen molar-refractivity contribution in [1.82, 2.24) is 4.98 Å². The van der Waals surface area contributed by atoms with Gasteiger partial charge in [-0.15, -0.1) is 0 Å². The number of carbonyl (C=O) groups is 1. The molecule has 0 aliphatic heterocycles. The first-order valence-electron chi connectivity index (χ1n) is 12.3. The van der Waals surface area contributed by atoms with E-state index < -0.39 is 5.97 Å². The van der Waals surface area contributed by atoms with Crippen LogP contribution in [0.5, 0.6) is 5.75 Å². The molecule has 5 aromatic rings. The number of halogens is 1. The Labute approximate surface area is 222 Å². The van der Waals surface area contributed by atoms with Crippen LogP contribution in [0.2, 0.25) is 5.02 Å². The Morgan fingerprint density at radius 1 is 0.811 bits per heavy atom. The Bertz CT molecular complexity index is 1590. The largest absolute Gasteiger partial charge is 0.423 e. The molecule has 0 atom stereocenters. The molecule has 4 heteroatoms. The summed E-state index contributed by atoms with van der Waals surface area (Å²) in [6.07, 6.45) is 0. The van der Waals surface area contributed by atoms with Crippen LogP contribution < -0.4 is 4.74 Å². The molecule has 3 nitrogen and oxygen atoms in total. The van der Waals surface area contributed by atoms with Gasteiger partial charge in [-0.1, -0.05) is 91.7 Å². The van der Waals surface area contributed by atoms with Crippen molar-refractivity contribution in [2.24, 2.45) is 0 Å². The van der Waals surface area contributed by atoms with Crippen molar-refractivity contribution >= 4 is 28.5 Å². The Morgan fingerprint density at radius 2 is 1.46 bits per heavy atom. The van der Waals surface area contributed by atoms with Crippen molar-refractivity contribution in [2.75, 3.05) is 0 Å². The Balaban J connectivity index is 1.50. The summed E-state index contributed by atoms with van der Waals surface area (Å²) in [5, 5.41) is 1.43. The standard InChI is InChI=1S/C33H28ClNO2/c1-21-18-22(2)31-28(19-21)29(20-30(35-31)23-10-14-26(34)15-11-23)32(36)37-27-16-12-25(13-17-27)33(3,4)24-8-6-5-7-9-24/h5-20H,1-4H3. The van der Waals surface area contributed by atoms with Crippen molar-refractivity contribution in [3.05, 3.63) is 130 Å². The molecule has 0 saturated carbocycles. The number of fused-ring (bicyclic) bond motifs is 1. The molecule has 0 unspecified atom stereocenters. The zero-order valence-corrected chi connectivity index (χ0v) is 22.1. The first-order chi connectivity index (χ1) is 17.7. The van der Waals surface area contributed by atoms with Crippen molar-refractivity contribution in [2.45, 2.75) is 33.1 Å². The SMILES string of the molecule is Cc1cc(C)c2nc(-c3ccc(Cl)cc3)cc(C(=O)Oc3ccc(C(C)(C)c4ccccc4)cc3)c2c1. The molecule has 0 saturated heterocycles. The molecule has 0 N–H and O–H groups in total. The number of aryl methyl sites for hydroxylation is 2. The first-order valence-corrected chi connectivity index (χ1v) is 12.7. The lowest BCUT2D eigenvalue weighted by Gasteiger charge is -2.26. The van der Waals surface area contributed by atoms with E-state index >= 15 is 0 Å². The van der Waals surface area contributed by atoms with Crippen molar-refractivity contribution in [1.29, 1.82) is 0 Å². The van der Waals surface area contributed by atoms with E-state index in [1.807, 2.05) is 86.6 Å². The van der Waals surface area contributed by atoms with E-state index in [-0.39, 0.29) is 5.41 Å². The maximum Gasteiger partial charge on any atom is 0.344 e. The van der Waals surface area contributed by atoms with E-state index in [9.17, 15) is 4.79 Å². The molecular weight excluding hydrogens is 478 g/mol. The fourth-order valence-electron chi connectivity index (χ4n) is 4.74. The molecule has 37 heavy (non-hydrogen) atoms. The number of hydrogen-bond donors (Lipinski definition) is 0. The van der Waals surface area contributed by atoms with E-state index in [1.165, 1.54) is 5.56 Å². The average molecular weight is 506 g/mol. The van der Waals surface area contributed by atoms with E-state index in [1.54, 1.807) is 6.07 Å². The second-order valence-corrected chi connectivity index (χ2v) is 10.4. The summed E-state index contributed by atoms with van der Waals surface area (Å²) in [6, 6.07) is 31.5. The fourth-order valence-corrected chi connectivity index (χ4v) is 4.87. The molecule has 0 bridgehead atoms. The third kappa shape index (κ3) is 5.00. The average Bonchev–Trinajstić information content (AvgIpc) is 2.89. The molecule has 0 aliphatic carbocycles. The van der Waals surface area contributed by atoms with Crippen LogP contribution in [0.3, 0.4) is 0 Å². The van der Waals surface area contributed by atoms with Crippen LogP contribution >= 0.6 is 11.6 Å². The van der Waals surface area contributed by atoms with Gasteiger partial charge in [0, 0.05) is 21.4 Å². The summed E-state index contributed by atoms with van der Waals surface area (Å²) < 4.78 is 5.88. The summed E-state index contributed by atoms with van der Waals surface area (Å²) in [6.45, 7) is 8.41. The van der Waals surface area contributed by atoms with Gasteiger partial charge in [0.25, 0.3) is 0 Å². The second-order valence-electron chi connectivity index (χ2n) is 9.94. The van der Waals surface area contributed by atoms with Gasteiger partial charge >= 0.3 is 5.97 Å². The summed E-state index contributed by atoms with van der Waals surface area (Å²) in [7, 11) is 0. The topological polar surface area (TPSA) is 39.2 Å². The number of carbonyl (C=O) groups excluding carboxylic acids is 1. The highest BCUT2D eigenvalue weighted by molar-refractivity contribution is 6.30. The minimum Gasteiger partial charge on any atom is -0.423 e. The zero-order chi connectivity index (χ0) is 26.2. The number of pyridine rings is 1. The monoisotopic (exact) mass is 505 g/mol. The molecule has 4 aromatic carbocycles. The molecule has 184 valence electrons. The zero-order valence-electron chi connectivity index (χ0n) is 21.4. The molecule has 1 heterocycles. The Hall–Kier alpha value is -3.95. The molecule has 0 fully saturated rings. The predicted molar refractivity (Wildman–Crippen MR) is 152 cm³/mol. The maximum atomic E-state index is 13.5. The minimum atomic E-state index is -0.414. The molecule has 1 aromatic heterocycles. The molecule has 5 rings (SSSR count). The number of hydrogen-bond acceptors (Lipinski definition) is 3. The second kappa shape index (κ2) is 9.84. The van der Waals surface area contributed by atoms with Gasteiger partial charge in [0.1, 0.15) is 5.75 Å². The quantitative estimate of drug-likeness (QED) is 0.177. The lowest BCUT2D eigenvalue weighted by atomic mass is 9.78. The minimum absolute atomic E-state index is 0.173. The van der Waals surface area contributed by atoms with Gasteiger partial charge in [-0.25, -0.2) is 9.78 Å². The molecule has 0 amide bonds. The summed E-state index contributed by atoms with van der Waals surface area (Å²) >= 11 is 6.09. The summed E-state index contributed by atoms with van der Waals surface area (Å²) in [5.41, 5.74) is 7.11. The predicted octanol–water partition coefficient (Wildman–Crippen LogP) is 8.72. The van der Waals surface area contributed by atoms with Gasteiger partial charge in [0.15, 0.2) is 0 Å². The summed E-state index contributed by atoms with van der Waals surface area (Å²) in [5.74, 6) is 0.0858. The van der Waals surface area contributed by atoms with Crippen LogP contribution in [0.25, 0.3) is 22.2 Å². The van der Waals surface area contributed by atoms with Gasteiger partial charge in [-0.05, 0) is 66.9 Å². The molecule has 0 spiro atoms. The van der Waals surface area contributed by atoms with Crippen LogP contribution in [-0.4, -0.2) is 11.0 Å². The molecule has 0 radical (unpaired) electrons. The van der Waals surface area contributed by atoms with Crippen molar-refractivity contribution in [3.8, 4) is 17.0 Å². The smallest absolute Gasteiger partial charge is 0.344 e. The van der Waals surface area contributed by atoms with E-state index in [0.717, 1.165) is 33.2 Å². The van der Waals surface area contributed by atoms with Gasteiger partial charge in [0.2, 0.25) is 0 Å². The van der Waals surface area contributed by atoms with E-state index in [2.05, 4.69) is 32.0 Å². The number of rotatable bonds is 5. The third-order valence-electron chi connectivity index (χ3n) is 6.89. The lowest BCUT2D eigenvalue weighted by molar-refractivity contribution is 0.0737. The summed E-state index contributed by atoms with van der Waals surface area (Å²) in [4.78, 5) is 18.4. The van der Waals surface area contributed by atoms with E-state index in [0.29, 0.717) is 22.0 Å². The van der Waals surface area contributed by atoms with E-state index in [4.69, 9.17) is 21.3 Å². The van der Waals surface area contributed by atoms with Gasteiger partial charge in [-0.3, -0.25) is 0 Å². The third-order valence-corrected chi connectivity index (χ3v) is 7.14. The van der Waals surface area contributed by atoms with Crippen LogP contribution in [0, 0.1) is 13.8 Å². The van der Waals surface area contributed by atoms with Crippen molar-refractivity contribution in [3.63, 3.8) is 0 Å². The highest BCUT2D eigenvalue weighted by Crippen LogP contribution is 2.33. The van der Waals surface area contributed by atoms with Gasteiger partial charge < -0.3 is 4.74 Å². The molecule has 0 aliphatic rings.